The van der Waals surface area contributed by atoms with Crippen LogP contribution < -0.4 is 16.2 Å². The van der Waals surface area contributed by atoms with Crippen LogP contribution in [0.3, 0.4) is 0 Å². The number of rotatable bonds is 5. The molecule has 0 aliphatic carbocycles. The van der Waals surface area contributed by atoms with Crippen LogP contribution in [0.2, 0.25) is 0 Å². The lowest BCUT2D eigenvalue weighted by atomic mass is 10.1. The van der Waals surface area contributed by atoms with Crippen LogP contribution in [0.4, 0.5) is 0 Å². The quantitative estimate of drug-likeness (QED) is 0.748. The summed E-state index contributed by atoms with van der Waals surface area (Å²) in [5.74, 6) is 0.362. The van der Waals surface area contributed by atoms with Crippen molar-refractivity contribution in [1.82, 2.24) is 0 Å². The van der Waals surface area contributed by atoms with E-state index >= 15 is 0 Å². The highest BCUT2D eigenvalue weighted by Crippen LogP contribution is 2.19. The van der Waals surface area contributed by atoms with Gasteiger partial charge in [-0.1, -0.05) is 17.7 Å². The second-order valence-corrected chi connectivity index (χ2v) is 3.38. The Morgan fingerprint density at radius 3 is 2.80 bits per heavy atom. The smallest absolute Gasteiger partial charge is 0.220 e. The van der Waals surface area contributed by atoms with Crippen LogP contribution in [0.25, 0.3) is 0 Å². The van der Waals surface area contributed by atoms with Crippen molar-refractivity contribution < 1.29 is 9.53 Å². The van der Waals surface area contributed by atoms with Gasteiger partial charge in [-0.15, -0.1) is 0 Å². The largest absolute Gasteiger partial charge is 0.493 e. The number of benzene rings is 1. The molecule has 4 nitrogen and oxygen atoms in total. The van der Waals surface area contributed by atoms with Crippen molar-refractivity contribution in [3.8, 4) is 5.75 Å². The number of amides is 1. The van der Waals surface area contributed by atoms with Crippen molar-refractivity contribution in [3.63, 3.8) is 0 Å². The van der Waals surface area contributed by atoms with Crippen LogP contribution in [0.1, 0.15) is 17.5 Å². The summed E-state index contributed by atoms with van der Waals surface area (Å²) in [5.41, 5.74) is 12.7. The lowest BCUT2D eigenvalue weighted by Crippen LogP contribution is -2.15. The minimum Gasteiger partial charge on any atom is -0.493 e. The Morgan fingerprint density at radius 2 is 2.20 bits per heavy atom. The first kappa shape index (κ1) is 11.5. The Morgan fingerprint density at radius 1 is 1.47 bits per heavy atom. The summed E-state index contributed by atoms with van der Waals surface area (Å²) in [5, 5.41) is 0. The van der Waals surface area contributed by atoms with Crippen LogP contribution in [0.5, 0.6) is 5.75 Å². The van der Waals surface area contributed by atoms with Gasteiger partial charge in [-0.05, 0) is 13.0 Å². The fourth-order valence-electron chi connectivity index (χ4n) is 1.27. The number of primary amides is 1. The number of carbonyl (C=O) groups excluding carboxylic acids is 1. The van der Waals surface area contributed by atoms with E-state index < -0.39 is 0 Å². The van der Waals surface area contributed by atoms with Crippen molar-refractivity contribution in [2.75, 3.05) is 6.61 Å². The third kappa shape index (κ3) is 3.59. The van der Waals surface area contributed by atoms with Crippen molar-refractivity contribution >= 4 is 5.91 Å². The van der Waals surface area contributed by atoms with Gasteiger partial charge < -0.3 is 16.2 Å². The molecule has 0 unspecified atom stereocenters. The van der Waals surface area contributed by atoms with E-state index in [0.717, 1.165) is 16.9 Å². The molecule has 0 saturated carbocycles. The van der Waals surface area contributed by atoms with Crippen molar-refractivity contribution in [2.24, 2.45) is 11.5 Å². The minimum atomic E-state index is -0.364. The fourth-order valence-corrected chi connectivity index (χ4v) is 1.27. The summed E-state index contributed by atoms with van der Waals surface area (Å²) >= 11 is 0. The Balaban J connectivity index is 2.63. The number of ether oxygens (including phenoxy) is 1. The number of hydrogen-bond donors (Lipinski definition) is 2. The van der Waals surface area contributed by atoms with E-state index in [4.69, 9.17) is 16.2 Å². The fraction of sp³-hybridized carbons (Fsp3) is 0.364. The third-order valence-electron chi connectivity index (χ3n) is 2.04. The first-order valence-corrected chi connectivity index (χ1v) is 4.84. The van der Waals surface area contributed by atoms with Crippen molar-refractivity contribution in [2.45, 2.75) is 19.9 Å². The Hall–Kier alpha value is -1.55. The highest BCUT2D eigenvalue weighted by Gasteiger charge is 2.03. The number of carbonyl (C=O) groups is 1. The highest BCUT2D eigenvalue weighted by atomic mass is 16.5. The molecule has 1 rings (SSSR count). The van der Waals surface area contributed by atoms with Crippen molar-refractivity contribution in [3.05, 3.63) is 29.3 Å². The van der Waals surface area contributed by atoms with Crippen LogP contribution in [-0.2, 0) is 11.3 Å². The van der Waals surface area contributed by atoms with Gasteiger partial charge in [0.25, 0.3) is 0 Å². The average Bonchev–Trinajstić information content (AvgIpc) is 2.19. The minimum absolute atomic E-state index is 0.220. The second-order valence-electron chi connectivity index (χ2n) is 3.38. The maximum absolute atomic E-state index is 10.5. The molecule has 1 amide bonds. The molecule has 0 aromatic heterocycles. The van der Waals surface area contributed by atoms with Crippen LogP contribution in [-0.4, -0.2) is 12.5 Å². The first-order chi connectivity index (χ1) is 7.13. The first-order valence-electron chi connectivity index (χ1n) is 4.84. The van der Waals surface area contributed by atoms with Gasteiger partial charge in [0.1, 0.15) is 5.75 Å². The predicted octanol–water partition coefficient (Wildman–Crippen LogP) is 0.708. The molecule has 1 aromatic rings. The Kier molecular flexibility index (Phi) is 4.12. The summed E-state index contributed by atoms with van der Waals surface area (Å²) in [6, 6.07) is 5.77. The van der Waals surface area contributed by atoms with Gasteiger partial charge in [0.15, 0.2) is 0 Å². The molecule has 0 spiro atoms. The Labute approximate surface area is 89.2 Å². The summed E-state index contributed by atoms with van der Waals surface area (Å²) in [6.45, 7) is 2.71. The molecule has 4 heteroatoms. The van der Waals surface area contributed by atoms with E-state index in [9.17, 15) is 4.79 Å². The van der Waals surface area contributed by atoms with Crippen LogP contribution in [0.15, 0.2) is 18.2 Å². The van der Waals surface area contributed by atoms with E-state index in [1.807, 2.05) is 25.1 Å². The molecular formula is C11H16N2O2. The lowest BCUT2D eigenvalue weighted by Gasteiger charge is -2.10. The van der Waals surface area contributed by atoms with Gasteiger partial charge in [-0.25, -0.2) is 0 Å². The van der Waals surface area contributed by atoms with E-state index in [0.29, 0.717) is 13.2 Å². The van der Waals surface area contributed by atoms with Gasteiger partial charge in [0.2, 0.25) is 5.91 Å². The van der Waals surface area contributed by atoms with Crippen LogP contribution in [0, 0.1) is 6.92 Å². The maximum Gasteiger partial charge on any atom is 0.220 e. The number of aryl methyl sites for hydroxylation is 1. The van der Waals surface area contributed by atoms with E-state index in [1.165, 1.54) is 0 Å². The summed E-state index contributed by atoms with van der Waals surface area (Å²) in [4.78, 5) is 10.5. The van der Waals surface area contributed by atoms with Gasteiger partial charge in [0, 0.05) is 12.1 Å². The molecule has 0 heterocycles. The monoisotopic (exact) mass is 208 g/mol. The van der Waals surface area contributed by atoms with Gasteiger partial charge in [-0.2, -0.15) is 0 Å². The average molecular weight is 208 g/mol. The lowest BCUT2D eigenvalue weighted by molar-refractivity contribution is -0.118. The molecule has 0 atom stereocenters. The highest BCUT2D eigenvalue weighted by molar-refractivity contribution is 5.73. The van der Waals surface area contributed by atoms with Gasteiger partial charge in [0.05, 0.1) is 13.0 Å². The van der Waals surface area contributed by atoms with Crippen LogP contribution >= 0.6 is 0 Å². The maximum atomic E-state index is 10.5. The molecule has 1 aromatic carbocycles. The van der Waals surface area contributed by atoms with Gasteiger partial charge in [-0.3, -0.25) is 4.79 Å². The summed E-state index contributed by atoms with van der Waals surface area (Å²) in [7, 11) is 0. The normalized spacial score (nSPS) is 10.0. The van der Waals surface area contributed by atoms with E-state index in [2.05, 4.69) is 0 Å². The SMILES string of the molecule is Cc1ccc(OCCC(N)=O)c(CN)c1. The molecule has 82 valence electrons. The number of hydrogen-bond acceptors (Lipinski definition) is 3. The molecule has 0 aliphatic heterocycles. The summed E-state index contributed by atoms with van der Waals surface area (Å²) in [6.07, 6.45) is 0.220. The van der Waals surface area contributed by atoms with E-state index in [-0.39, 0.29) is 12.3 Å². The number of nitrogens with two attached hydrogens (primary N) is 2. The molecule has 0 radical (unpaired) electrons. The molecular weight excluding hydrogens is 192 g/mol. The molecule has 0 aliphatic rings. The molecule has 0 fully saturated rings. The molecule has 15 heavy (non-hydrogen) atoms. The topological polar surface area (TPSA) is 78.3 Å². The zero-order valence-corrected chi connectivity index (χ0v) is 8.82. The zero-order chi connectivity index (χ0) is 11.3. The molecule has 4 N–H and O–H groups in total. The third-order valence-corrected chi connectivity index (χ3v) is 2.04. The van der Waals surface area contributed by atoms with Crippen molar-refractivity contribution in [1.29, 1.82) is 0 Å². The molecule has 0 bridgehead atoms. The molecule has 0 saturated heterocycles. The zero-order valence-electron chi connectivity index (χ0n) is 8.82. The van der Waals surface area contributed by atoms with E-state index in [1.54, 1.807) is 0 Å². The second kappa shape index (κ2) is 5.36. The van der Waals surface area contributed by atoms with Gasteiger partial charge >= 0.3 is 0 Å². The Bertz CT molecular complexity index is 350. The summed E-state index contributed by atoms with van der Waals surface area (Å²) < 4.78 is 5.41. The predicted molar refractivity (Wildman–Crippen MR) is 58.4 cm³/mol. The standard InChI is InChI=1S/C11H16N2O2/c1-8-2-3-10(9(6-8)7-12)15-5-4-11(13)14/h2-3,6H,4-5,7,12H2,1H3,(H2,13,14).